The van der Waals surface area contributed by atoms with Crippen molar-refractivity contribution in [2.75, 3.05) is 14.2 Å². The SMILES string of the molecule is COc1ccc(F)c(-c2ccc(CO)cc2C(O)C2(C)CC2)c1.COc1ccc(F)c(-c2ccc(CO[Si](C)(C)C(C)(C)C)cc2C(O)C2(C)CC2)c1. The Morgan fingerprint density at radius 2 is 1.08 bits per heavy atom. The van der Waals surface area contributed by atoms with Crippen molar-refractivity contribution in [2.45, 2.75) is 104 Å². The number of ether oxygens (including phenoxy) is 2. The van der Waals surface area contributed by atoms with Gasteiger partial charge < -0.3 is 29.2 Å². The summed E-state index contributed by atoms with van der Waals surface area (Å²) in [6, 6.07) is 20.4. The molecule has 4 aromatic rings. The van der Waals surface area contributed by atoms with Gasteiger partial charge in [-0.2, -0.15) is 0 Å². The van der Waals surface area contributed by atoms with E-state index in [1.165, 1.54) is 19.2 Å². The summed E-state index contributed by atoms with van der Waals surface area (Å²) >= 11 is 0. The second-order valence-electron chi connectivity index (χ2n) is 16.9. The lowest BCUT2D eigenvalue weighted by atomic mass is 9.87. The molecular formula is C44H56F2O6Si. The van der Waals surface area contributed by atoms with E-state index in [1.54, 1.807) is 49.6 Å². The minimum atomic E-state index is -1.89. The van der Waals surface area contributed by atoms with Crippen LogP contribution in [0.5, 0.6) is 11.5 Å². The average Bonchev–Trinajstić information content (AvgIpc) is 4.08. The molecule has 2 unspecified atom stereocenters. The highest BCUT2D eigenvalue weighted by molar-refractivity contribution is 6.74. The van der Waals surface area contributed by atoms with Crippen molar-refractivity contribution in [3.63, 3.8) is 0 Å². The summed E-state index contributed by atoms with van der Waals surface area (Å²) in [4.78, 5) is 0. The molecule has 286 valence electrons. The van der Waals surface area contributed by atoms with Crippen molar-refractivity contribution in [3.8, 4) is 33.8 Å². The lowest BCUT2D eigenvalue weighted by Crippen LogP contribution is -2.40. The van der Waals surface area contributed by atoms with Crippen LogP contribution in [0, 0.1) is 22.5 Å². The maximum absolute atomic E-state index is 14.7. The smallest absolute Gasteiger partial charge is 0.192 e. The summed E-state index contributed by atoms with van der Waals surface area (Å²) in [5.41, 5.74) is 5.00. The number of benzene rings is 4. The van der Waals surface area contributed by atoms with Crippen molar-refractivity contribution in [2.24, 2.45) is 10.8 Å². The average molecular weight is 747 g/mol. The molecule has 3 N–H and O–H groups in total. The van der Waals surface area contributed by atoms with Gasteiger partial charge in [0, 0.05) is 11.1 Å². The van der Waals surface area contributed by atoms with Crippen LogP contribution in [-0.4, -0.2) is 37.9 Å². The summed E-state index contributed by atoms with van der Waals surface area (Å²) in [5.74, 6) is 0.466. The van der Waals surface area contributed by atoms with Crippen LogP contribution in [0.15, 0.2) is 72.8 Å². The second kappa shape index (κ2) is 15.6. The van der Waals surface area contributed by atoms with Gasteiger partial charge >= 0.3 is 0 Å². The molecule has 0 heterocycles. The first-order chi connectivity index (χ1) is 24.9. The van der Waals surface area contributed by atoms with Crippen LogP contribution >= 0.6 is 0 Å². The van der Waals surface area contributed by atoms with E-state index in [-0.39, 0.29) is 34.1 Å². The first-order valence-electron chi connectivity index (χ1n) is 18.4. The molecule has 2 aliphatic carbocycles. The van der Waals surface area contributed by atoms with Gasteiger partial charge in [0.25, 0.3) is 0 Å². The van der Waals surface area contributed by atoms with Crippen LogP contribution in [-0.2, 0) is 17.6 Å². The predicted molar refractivity (Wildman–Crippen MR) is 209 cm³/mol. The molecule has 4 aromatic carbocycles. The van der Waals surface area contributed by atoms with Crippen molar-refractivity contribution in [1.82, 2.24) is 0 Å². The lowest BCUT2D eigenvalue weighted by molar-refractivity contribution is 0.104. The molecule has 0 radical (unpaired) electrons. The van der Waals surface area contributed by atoms with Gasteiger partial charge in [-0.25, -0.2) is 8.78 Å². The van der Waals surface area contributed by atoms with Crippen LogP contribution in [0.25, 0.3) is 22.3 Å². The fourth-order valence-corrected chi connectivity index (χ4v) is 7.16. The second-order valence-corrected chi connectivity index (χ2v) is 21.7. The molecule has 0 spiro atoms. The van der Waals surface area contributed by atoms with E-state index in [1.807, 2.05) is 25.1 Å². The van der Waals surface area contributed by atoms with Crippen LogP contribution < -0.4 is 9.47 Å². The van der Waals surface area contributed by atoms with Gasteiger partial charge in [0.05, 0.1) is 39.6 Å². The molecular weight excluding hydrogens is 691 g/mol. The van der Waals surface area contributed by atoms with E-state index >= 15 is 0 Å². The Balaban J connectivity index is 0.000000211. The molecule has 0 saturated heterocycles. The Kier molecular flexibility index (Phi) is 12.0. The van der Waals surface area contributed by atoms with Gasteiger partial charge in [-0.1, -0.05) is 71.0 Å². The Bertz CT molecular complexity index is 1910. The first kappa shape index (κ1) is 40.6. The maximum Gasteiger partial charge on any atom is 0.192 e. The maximum atomic E-state index is 14.7. The molecule has 6 rings (SSSR count). The van der Waals surface area contributed by atoms with Crippen molar-refractivity contribution in [1.29, 1.82) is 0 Å². The molecule has 0 aliphatic heterocycles. The molecule has 53 heavy (non-hydrogen) atoms. The Hall–Kier alpha value is -3.60. The van der Waals surface area contributed by atoms with E-state index in [0.717, 1.165) is 36.8 Å². The standard InChI is InChI=1S/C25H35FO3Si.C19H21FO3/c1-24(2,3)30(6,7)29-16-17-8-10-19(20-15-18(28-5)9-11-22(20)26)21(14-17)23(27)25(4)12-13-25;1-19(7-8-19)18(22)16-9-12(11-21)3-5-14(16)15-10-13(23-2)4-6-17(15)20/h8-11,14-15,23,27H,12-13,16H2,1-7H3;3-6,9-10,18,21-22H,7-8,11H2,1-2H3. The third-order valence-corrected chi connectivity index (χ3v) is 16.2. The van der Waals surface area contributed by atoms with Gasteiger partial charge in [0.2, 0.25) is 0 Å². The molecule has 6 nitrogen and oxygen atoms in total. The summed E-state index contributed by atoms with van der Waals surface area (Å²) in [6.45, 7) is 15.6. The highest BCUT2D eigenvalue weighted by Gasteiger charge is 2.46. The minimum Gasteiger partial charge on any atom is -0.497 e. The summed E-state index contributed by atoms with van der Waals surface area (Å²) in [5, 5.41) is 31.4. The molecule has 2 atom stereocenters. The molecule has 2 saturated carbocycles. The van der Waals surface area contributed by atoms with Crippen LogP contribution in [0.2, 0.25) is 18.1 Å². The molecule has 0 aromatic heterocycles. The molecule has 0 amide bonds. The largest absolute Gasteiger partial charge is 0.497 e. The fraction of sp³-hybridized carbons (Fsp3) is 0.455. The van der Waals surface area contributed by atoms with Crippen LogP contribution in [0.4, 0.5) is 8.78 Å². The van der Waals surface area contributed by atoms with E-state index in [9.17, 15) is 24.1 Å². The minimum absolute atomic E-state index is 0.114. The van der Waals surface area contributed by atoms with Crippen molar-refractivity contribution >= 4 is 8.32 Å². The third kappa shape index (κ3) is 9.03. The van der Waals surface area contributed by atoms with Crippen LogP contribution in [0.1, 0.15) is 94.8 Å². The summed E-state index contributed by atoms with van der Waals surface area (Å²) < 4.78 is 45.9. The molecule has 2 fully saturated rings. The normalized spacial score (nSPS) is 16.9. The van der Waals surface area contributed by atoms with Crippen molar-refractivity contribution < 1.29 is 38.0 Å². The number of methoxy groups -OCH3 is 2. The molecule has 0 bridgehead atoms. The van der Waals surface area contributed by atoms with Crippen molar-refractivity contribution in [3.05, 3.63) is 107 Å². The monoisotopic (exact) mass is 746 g/mol. The van der Waals surface area contributed by atoms with Gasteiger partial charge in [-0.15, -0.1) is 0 Å². The first-order valence-corrected chi connectivity index (χ1v) is 21.3. The Morgan fingerprint density at radius 1 is 0.660 bits per heavy atom. The number of hydrogen-bond donors (Lipinski definition) is 3. The lowest BCUT2D eigenvalue weighted by Gasteiger charge is -2.36. The quantitative estimate of drug-likeness (QED) is 0.125. The van der Waals surface area contributed by atoms with Gasteiger partial charge in [0.15, 0.2) is 8.32 Å². The highest BCUT2D eigenvalue weighted by atomic mass is 28.4. The number of rotatable bonds is 12. The summed E-state index contributed by atoms with van der Waals surface area (Å²) in [7, 11) is 1.21. The highest BCUT2D eigenvalue weighted by Crippen LogP contribution is 2.57. The zero-order chi connectivity index (χ0) is 38.9. The number of aliphatic hydroxyl groups is 3. The number of halogens is 2. The fourth-order valence-electron chi connectivity index (χ4n) is 6.20. The molecule has 2 aliphatic rings. The molecule has 9 heteroatoms. The van der Waals surface area contributed by atoms with Gasteiger partial charge in [-0.05, 0) is 124 Å². The third-order valence-electron chi connectivity index (χ3n) is 11.7. The van der Waals surface area contributed by atoms with E-state index in [0.29, 0.717) is 51.5 Å². The number of hydrogen-bond acceptors (Lipinski definition) is 6. The van der Waals surface area contributed by atoms with E-state index in [4.69, 9.17) is 13.9 Å². The summed E-state index contributed by atoms with van der Waals surface area (Å²) in [6.07, 6.45) is 2.49. The zero-order valence-corrected chi connectivity index (χ0v) is 33.6. The predicted octanol–water partition coefficient (Wildman–Crippen LogP) is 10.7. The van der Waals surface area contributed by atoms with Gasteiger partial charge in [-0.3, -0.25) is 0 Å². The Morgan fingerprint density at radius 3 is 1.45 bits per heavy atom. The number of aliphatic hydroxyl groups excluding tert-OH is 3. The van der Waals surface area contributed by atoms with E-state index < -0.39 is 20.5 Å². The van der Waals surface area contributed by atoms with Crippen LogP contribution in [0.3, 0.4) is 0 Å². The van der Waals surface area contributed by atoms with E-state index in [2.05, 4.69) is 40.8 Å². The van der Waals surface area contributed by atoms with Gasteiger partial charge in [0.1, 0.15) is 23.1 Å². The zero-order valence-electron chi connectivity index (χ0n) is 32.6. The Labute approximate surface area is 314 Å². The topological polar surface area (TPSA) is 88.4 Å².